The summed E-state index contributed by atoms with van der Waals surface area (Å²) in [5.41, 5.74) is 2.01. The van der Waals surface area contributed by atoms with E-state index in [1.807, 2.05) is 0 Å². The molecule has 184 valence electrons. The molecule has 0 aliphatic carbocycles. The van der Waals surface area contributed by atoms with Crippen molar-refractivity contribution in [2.24, 2.45) is 0 Å². The van der Waals surface area contributed by atoms with Gasteiger partial charge in [-0.3, -0.25) is 0 Å². The van der Waals surface area contributed by atoms with Gasteiger partial charge in [-0.15, -0.1) is 0 Å². The van der Waals surface area contributed by atoms with Crippen LogP contribution in [0.25, 0.3) is 0 Å². The lowest BCUT2D eigenvalue weighted by Crippen LogP contribution is -2.40. The van der Waals surface area contributed by atoms with Crippen molar-refractivity contribution in [2.45, 2.75) is 24.3 Å². The van der Waals surface area contributed by atoms with Gasteiger partial charge in [0, 0.05) is 31.9 Å². The molecule has 2 heterocycles. The van der Waals surface area contributed by atoms with Crippen molar-refractivity contribution in [3.05, 3.63) is 42.5 Å². The third-order valence-corrected chi connectivity index (χ3v) is 7.71. The van der Waals surface area contributed by atoms with Gasteiger partial charge in [-0.25, -0.2) is 8.42 Å². The predicted octanol–water partition coefficient (Wildman–Crippen LogP) is 3.72. The summed E-state index contributed by atoms with van der Waals surface area (Å²) < 4.78 is 62.1. The molecule has 0 spiro atoms. The Morgan fingerprint density at radius 1 is 1.00 bits per heavy atom. The molecule has 0 radical (unpaired) electrons. The smallest absolute Gasteiger partial charge is 0.387 e. The first kappa shape index (κ1) is 24.6. The van der Waals surface area contributed by atoms with Gasteiger partial charge in [0.15, 0.2) is 5.11 Å². The summed E-state index contributed by atoms with van der Waals surface area (Å²) in [5.74, 6) is 0.0387. The van der Waals surface area contributed by atoms with Gasteiger partial charge in [0.05, 0.1) is 29.5 Å². The van der Waals surface area contributed by atoms with E-state index in [-0.39, 0.29) is 15.8 Å². The molecule has 0 bridgehead atoms. The Labute approximate surface area is 202 Å². The molecular weight excluding hydrogens is 486 g/mol. The summed E-state index contributed by atoms with van der Waals surface area (Å²) in [4.78, 5) is 2.36. The Hall–Kier alpha value is -2.54. The van der Waals surface area contributed by atoms with E-state index in [2.05, 4.69) is 20.3 Å². The molecule has 4 rings (SSSR count). The standard InChI is InChI=1S/C22H26F2N4O4S2/c23-21(24)32-17-5-3-16(4-6-17)25-22(33)26-19-15-18(7-8-20(19)27-9-1-2-10-27)34(29,30)28-11-13-31-14-12-28/h3-8,15,21H,1-2,9-14H2,(H2,25,26,33). The molecule has 0 aromatic heterocycles. The van der Waals surface area contributed by atoms with Crippen LogP contribution >= 0.6 is 12.2 Å². The zero-order chi connectivity index (χ0) is 24.1. The van der Waals surface area contributed by atoms with Crippen molar-refractivity contribution in [1.82, 2.24) is 4.31 Å². The van der Waals surface area contributed by atoms with Gasteiger partial charge in [0.2, 0.25) is 10.0 Å². The van der Waals surface area contributed by atoms with E-state index in [1.54, 1.807) is 30.3 Å². The second kappa shape index (κ2) is 10.8. The Bertz CT molecular complexity index is 1100. The van der Waals surface area contributed by atoms with Crippen LogP contribution in [0.15, 0.2) is 47.4 Å². The van der Waals surface area contributed by atoms with Crippen molar-refractivity contribution in [3.8, 4) is 5.75 Å². The minimum atomic E-state index is -3.68. The minimum absolute atomic E-state index is 0.0387. The molecule has 2 saturated heterocycles. The number of nitrogens with one attached hydrogen (secondary N) is 2. The molecule has 2 aliphatic rings. The van der Waals surface area contributed by atoms with E-state index in [4.69, 9.17) is 17.0 Å². The number of rotatable bonds is 7. The molecule has 2 N–H and O–H groups in total. The molecule has 12 heteroatoms. The number of hydrogen-bond acceptors (Lipinski definition) is 6. The van der Waals surface area contributed by atoms with Gasteiger partial charge in [-0.05, 0) is 67.5 Å². The molecule has 2 fully saturated rings. The highest BCUT2D eigenvalue weighted by atomic mass is 32.2. The van der Waals surface area contributed by atoms with Gasteiger partial charge in [-0.1, -0.05) is 0 Å². The van der Waals surface area contributed by atoms with Crippen LogP contribution in [0, 0.1) is 0 Å². The van der Waals surface area contributed by atoms with Crippen LogP contribution in [-0.4, -0.2) is 63.8 Å². The summed E-state index contributed by atoms with van der Waals surface area (Å²) in [6.07, 6.45) is 2.12. The first-order chi connectivity index (χ1) is 16.3. The van der Waals surface area contributed by atoms with Gasteiger partial charge < -0.3 is 25.0 Å². The first-order valence-corrected chi connectivity index (χ1v) is 12.8. The van der Waals surface area contributed by atoms with Crippen molar-refractivity contribution in [3.63, 3.8) is 0 Å². The fourth-order valence-electron chi connectivity index (χ4n) is 3.95. The number of morpholine rings is 1. The molecular formula is C22H26F2N4O4S2. The lowest BCUT2D eigenvalue weighted by atomic mass is 10.2. The second-order valence-corrected chi connectivity index (χ2v) is 10.2. The summed E-state index contributed by atoms with van der Waals surface area (Å²) in [6.45, 7) is 0.198. The van der Waals surface area contributed by atoms with Gasteiger partial charge in [0.25, 0.3) is 0 Å². The maximum Gasteiger partial charge on any atom is 0.387 e. The zero-order valence-corrected chi connectivity index (χ0v) is 20.0. The summed E-state index contributed by atoms with van der Waals surface area (Å²) in [5, 5.41) is 6.35. The van der Waals surface area contributed by atoms with Crippen LogP contribution < -0.4 is 20.3 Å². The van der Waals surface area contributed by atoms with E-state index in [0.29, 0.717) is 37.7 Å². The summed E-state index contributed by atoms with van der Waals surface area (Å²) >= 11 is 5.45. The normalized spacial score (nSPS) is 17.1. The number of ether oxygens (including phenoxy) is 2. The van der Waals surface area contributed by atoms with E-state index >= 15 is 0 Å². The lowest BCUT2D eigenvalue weighted by molar-refractivity contribution is -0.0498. The maximum atomic E-state index is 13.2. The van der Waals surface area contributed by atoms with Crippen molar-refractivity contribution in [2.75, 3.05) is 54.9 Å². The Morgan fingerprint density at radius 3 is 2.32 bits per heavy atom. The summed E-state index contributed by atoms with van der Waals surface area (Å²) in [6, 6.07) is 11.0. The van der Waals surface area contributed by atoms with Crippen LogP contribution in [0.5, 0.6) is 5.75 Å². The number of anilines is 3. The molecule has 0 atom stereocenters. The first-order valence-electron chi connectivity index (χ1n) is 10.9. The fraction of sp³-hybridized carbons (Fsp3) is 0.409. The molecule has 34 heavy (non-hydrogen) atoms. The van der Waals surface area contributed by atoms with Crippen LogP contribution in [0.3, 0.4) is 0 Å². The van der Waals surface area contributed by atoms with E-state index in [1.165, 1.54) is 16.4 Å². The average Bonchev–Trinajstić information content (AvgIpc) is 3.35. The SMILES string of the molecule is O=S(=O)(c1ccc(N2CCCC2)c(NC(=S)Nc2ccc(OC(F)F)cc2)c1)N1CCOCC1. The van der Waals surface area contributed by atoms with Crippen LogP contribution in [0.2, 0.25) is 0 Å². The van der Waals surface area contributed by atoms with Gasteiger partial charge in [0.1, 0.15) is 5.75 Å². The highest BCUT2D eigenvalue weighted by molar-refractivity contribution is 7.89. The number of hydrogen-bond donors (Lipinski definition) is 2. The number of thiocarbonyl (C=S) groups is 1. The largest absolute Gasteiger partial charge is 0.435 e. The Kier molecular flexibility index (Phi) is 7.81. The molecule has 0 saturated carbocycles. The predicted molar refractivity (Wildman–Crippen MR) is 130 cm³/mol. The zero-order valence-electron chi connectivity index (χ0n) is 18.4. The molecule has 0 unspecified atom stereocenters. The van der Waals surface area contributed by atoms with Crippen molar-refractivity contribution < 1.29 is 26.7 Å². The quantitative estimate of drug-likeness (QED) is 0.544. The van der Waals surface area contributed by atoms with Crippen LogP contribution in [0.1, 0.15) is 12.8 Å². The number of benzene rings is 2. The third-order valence-electron chi connectivity index (χ3n) is 5.61. The third kappa shape index (κ3) is 5.93. The second-order valence-electron chi connectivity index (χ2n) is 7.87. The van der Waals surface area contributed by atoms with Crippen LogP contribution in [0.4, 0.5) is 25.8 Å². The van der Waals surface area contributed by atoms with Crippen molar-refractivity contribution in [1.29, 1.82) is 0 Å². The summed E-state index contributed by atoms with van der Waals surface area (Å²) in [7, 11) is -3.68. The number of nitrogens with zero attached hydrogens (tertiary/aromatic N) is 2. The molecule has 2 aromatic rings. The van der Waals surface area contributed by atoms with E-state index < -0.39 is 16.6 Å². The van der Waals surface area contributed by atoms with Crippen LogP contribution in [-0.2, 0) is 14.8 Å². The van der Waals surface area contributed by atoms with E-state index in [9.17, 15) is 17.2 Å². The van der Waals surface area contributed by atoms with Crippen molar-refractivity contribution >= 4 is 44.4 Å². The number of sulfonamides is 1. The number of alkyl halides is 2. The molecule has 2 aromatic carbocycles. The highest BCUT2D eigenvalue weighted by Crippen LogP contribution is 2.33. The van der Waals surface area contributed by atoms with E-state index in [0.717, 1.165) is 31.6 Å². The molecule has 8 nitrogen and oxygen atoms in total. The number of halogens is 2. The average molecular weight is 513 g/mol. The van der Waals surface area contributed by atoms with Gasteiger partial charge >= 0.3 is 6.61 Å². The molecule has 0 amide bonds. The Morgan fingerprint density at radius 2 is 1.68 bits per heavy atom. The highest BCUT2D eigenvalue weighted by Gasteiger charge is 2.28. The lowest BCUT2D eigenvalue weighted by Gasteiger charge is -2.27. The monoisotopic (exact) mass is 512 g/mol. The topological polar surface area (TPSA) is 83.1 Å². The molecule has 2 aliphatic heterocycles. The Balaban J connectivity index is 1.54. The minimum Gasteiger partial charge on any atom is -0.435 e. The van der Waals surface area contributed by atoms with Gasteiger partial charge in [-0.2, -0.15) is 13.1 Å². The maximum absolute atomic E-state index is 13.2. The fourth-order valence-corrected chi connectivity index (χ4v) is 5.61.